The van der Waals surface area contributed by atoms with Gasteiger partial charge in [0, 0.05) is 25.2 Å². The van der Waals surface area contributed by atoms with Crippen LogP contribution in [0, 0.1) is 0 Å². The molecule has 4 nitrogen and oxygen atoms in total. The Kier molecular flexibility index (Phi) is 4.08. The summed E-state index contributed by atoms with van der Waals surface area (Å²) < 4.78 is 0. The molecule has 3 rings (SSSR count). The van der Waals surface area contributed by atoms with Crippen molar-refractivity contribution >= 4 is 5.91 Å². The summed E-state index contributed by atoms with van der Waals surface area (Å²) in [6, 6.07) is 1.10. The lowest BCUT2D eigenvalue weighted by Gasteiger charge is -2.38. The Balaban J connectivity index is 1.53. The molecular formula is C15H27N3O. The molecule has 0 bridgehead atoms. The van der Waals surface area contributed by atoms with Crippen LogP contribution in [0.1, 0.15) is 45.4 Å². The normalized spacial score (nSPS) is 30.9. The number of rotatable bonds is 5. The molecular weight excluding hydrogens is 238 g/mol. The van der Waals surface area contributed by atoms with Gasteiger partial charge in [0.1, 0.15) is 0 Å². The van der Waals surface area contributed by atoms with E-state index in [-0.39, 0.29) is 6.04 Å². The summed E-state index contributed by atoms with van der Waals surface area (Å²) in [5, 5.41) is 3.52. The van der Waals surface area contributed by atoms with Crippen LogP contribution in [0.3, 0.4) is 0 Å². The largest absolute Gasteiger partial charge is 0.337 e. The first-order chi connectivity index (χ1) is 9.24. The van der Waals surface area contributed by atoms with Gasteiger partial charge < -0.3 is 15.1 Å². The fourth-order valence-corrected chi connectivity index (χ4v) is 3.46. The van der Waals surface area contributed by atoms with E-state index in [1.807, 2.05) is 0 Å². The number of nitrogens with one attached hydrogen (secondary N) is 1. The molecule has 2 unspecified atom stereocenters. The van der Waals surface area contributed by atoms with E-state index in [4.69, 9.17) is 0 Å². The lowest BCUT2D eigenvalue weighted by atomic mass is 10.0. The smallest absolute Gasteiger partial charge is 0.239 e. The van der Waals surface area contributed by atoms with Gasteiger partial charge in [0.15, 0.2) is 0 Å². The third kappa shape index (κ3) is 3.29. The minimum atomic E-state index is 0.0993. The van der Waals surface area contributed by atoms with E-state index < -0.39 is 0 Å². The fourth-order valence-electron chi connectivity index (χ4n) is 3.46. The summed E-state index contributed by atoms with van der Waals surface area (Å²) in [7, 11) is 0. The average molecular weight is 265 g/mol. The van der Waals surface area contributed by atoms with Crippen molar-refractivity contribution in [3.05, 3.63) is 0 Å². The summed E-state index contributed by atoms with van der Waals surface area (Å²) in [6.07, 6.45) is 7.35. The van der Waals surface area contributed by atoms with Crippen LogP contribution in [0.15, 0.2) is 0 Å². The Bertz CT molecular complexity index is 323. The molecule has 1 N–H and O–H groups in total. The zero-order valence-electron chi connectivity index (χ0n) is 12.1. The van der Waals surface area contributed by atoms with Crippen molar-refractivity contribution < 1.29 is 4.79 Å². The minimum absolute atomic E-state index is 0.0993. The molecule has 0 aromatic carbocycles. The van der Waals surface area contributed by atoms with Gasteiger partial charge in [0.2, 0.25) is 5.91 Å². The van der Waals surface area contributed by atoms with E-state index in [0.717, 1.165) is 25.9 Å². The standard InChI is InChI=1S/C15H27N3O/c1-12(11-17-8-2-3-9-17)18-10-4-5-14(15(18)19)16-13-6-7-13/h12-14,16H,2-11H2,1H3. The number of hydrogen-bond donors (Lipinski definition) is 1. The van der Waals surface area contributed by atoms with E-state index in [9.17, 15) is 4.79 Å². The molecule has 0 aromatic heterocycles. The molecule has 19 heavy (non-hydrogen) atoms. The lowest BCUT2D eigenvalue weighted by molar-refractivity contribution is -0.138. The zero-order valence-corrected chi connectivity index (χ0v) is 12.1. The second-order valence-corrected chi connectivity index (χ2v) is 6.52. The SMILES string of the molecule is CC(CN1CCCC1)N1CCCC(NC2CC2)C1=O. The molecule has 2 saturated heterocycles. The number of carbonyl (C=O) groups is 1. The molecule has 1 aliphatic carbocycles. The second-order valence-electron chi connectivity index (χ2n) is 6.52. The maximum atomic E-state index is 12.5. The lowest BCUT2D eigenvalue weighted by Crippen LogP contribution is -2.55. The van der Waals surface area contributed by atoms with E-state index in [1.165, 1.54) is 38.8 Å². The van der Waals surface area contributed by atoms with E-state index in [2.05, 4.69) is 22.0 Å². The molecule has 1 amide bonds. The van der Waals surface area contributed by atoms with Crippen molar-refractivity contribution in [2.75, 3.05) is 26.2 Å². The van der Waals surface area contributed by atoms with Gasteiger partial charge in [-0.1, -0.05) is 0 Å². The first-order valence-corrected chi connectivity index (χ1v) is 8.03. The molecule has 1 saturated carbocycles. The van der Waals surface area contributed by atoms with Crippen LogP contribution in [0.4, 0.5) is 0 Å². The van der Waals surface area contributed by atoms with Crippen molar-refractivity contribution in [3.63, 3.8) is 0 Å². The highest BCUT2D eigenvalue weighted by Gasteiger charge is 2.35. The minimum Gasteiger partial charge on any atom is -0.337 e. The Hall–Kier alpha value is -0.610. The van der Waals surface area contributed by atoms with E-state index in [1.54, 1.807) is 0 Å². The van der Waals surface area contributed by atoms with E-state index in [0.29, 0.717) is 18.0 Å². The van der Waals surface area contributed by atoms with Crippen LogP contribution in [0.5, 0.6) is 0 Å². The maximum Gasteiger partial charge on any atom is 0.239 e. The van der Waals surface area contributed by atoms with Crippen LogP contribution in [0.2, 0.25) is 0 Å². The third-order valence-corrected chi connectivity index (χ3v) is 4.74. The van der Waals surface area contributed by atoms with Crippen molar-refractivity contribution in [2.45, 2.75) is 63.6 Å². The molecule has 2 atom stereocenters. The van der Waals surface area contributed by atoms with Crippen molar-refractivity contribution in [1.29, 1.82) is 0 Å². The highest BCUT2D eigenvalue weighted by Crippen LogP contribution is 2.23. The predicted molar refractivity (Wildman–Crippen MR) is 76.0 cm³/mol. The number of likely N-dealkylation sites (tertiary alicyclic amines) is 2. The monoisotopic (exact) mass is 265 g/mol. The van der Waals surface area contributed by atoms with Crippen molar-refractivity contribution in [2.24, 2.45) is 0 Å². The molecule has 0 aromatic rings. The number of piperidine rings is 1. The average Bonchev–Trinajstić information content (AvgIpc) is 3.07. The molecule has 2 aliphatic heterocycles. The summed E-state index contributed by atoms with van der Waals surface area (Å²) in [5.74, 6) is 0.352. The number of nitrogens with zero attached hydrogens (tertiary/aromatic N) is 2. The summed E-state index contributed by atoms with van der Waals surface area (Å²) >= 11 is 0. The fraction of sp³-hybridized carbons (Fsp3) is 0.933. The van der Waals surface area contributed by atoms with Gasteiger partial charge in [-0.3, -0.25) is 4.79 Å². The summed E-state index contributed by atoms with van der Waals surface area (Å²) in [6.45, 7) is 6.67. The summed E-state index contributed by atoms with van der Waals surface area (Å²) in [4.78, 5) is 17.2. The third-order valence-electron chi connectivity index (χ3n) is 4.74. The Labute approximate surface area is 116 Å². The van der Waals surface area contributed by atoms with Gasteiger partial charge in [-0.2, -0.15) is 0 Å². The van der Waals surface area contributed by atoms with Crippen molar-refractivity contribution in [1.82, 2.24) is 15.1 Å². The van der Waals surface area contributed by atoms with Gasteiger partial charge in [-0.25, -0.2) is 0 Å². The van der Waals surface area contributed by atoms with Crippen LogP contribution in [-0.2, 0) is 4.79 Å². The Morgan fingerprint density at radius 3 is 2.58 bits per heavy atom. The second kappa shape index (κ2) is 5.80. The highest BCUT2D eigenvalue weighted by molar-refractivity contribution is 5.83. The summed E-state index contributed by atoms with van der Waals surface area (Å²) in [5.41, 5.74) is 0. The van der Waals surface area contributed by atoms with Crippen LogP contribution < -0.4 is 5.32 Å². The number of amides is 1. The topological polar surface area (TPSA) is 35.6 Å². The first-order valence-electron chi connectivity index (χ1n) is 8.03. The zero-order chi connectivity index (χ0) is 13.2. The molecule has 0 radical (unpaired) electrons. The van der Waals surface area contributed by atoms with Gasteiger partial charge in [-0.05, 0) is 58.5 Å². The van der Waals surface area contributed by atoms with E-state index >= 15 is 0 Å². The molecule has 3 aliphatic rings. The highest BCUT2D eigenvalue weighted by atomic mass is 16.2. The number of carbonyl (C=O) groups excluding carboxylic acids is 1. The Morgan fingerprint density at radius 1 is 1.16 bits per heavy atom. The number of hydrogen-bond acceptors (Lipinski definition) is 3. The molecule has 4 heteroatoms. The first kappa shape index (κ1) is 13.4. The molecule has 0 spiro atoms. The quantitative estimate of drug-likeness (QED) is 0.812. The maximum absolute atomic E-state index is 12.5. The Morgan fingerprint density at radius 2 is 1.89 bits per heavy atom. The van der Waals surface area contributed by atoms with Gasteiger partial charge in [0.05, 0.1) is 6.04 Å². The molecule has 2 heterocycles. The van der Waals surface area contributed by atoms with Crippen LogP contribution in [0.25, 0.3) is 0 Å². The van der Waals surface area contributed by atoms with Crippen molar-refractivity contribution in [3.8, 4) is 0 Å². The van der Waals surface area contributed by atoms with Gasteiger partial charge in [0.25, 0.3) is 0 Å². The molecule has 3 fully saturated rings. The molecule has 108 valence electrons. The van der Waals surface area contributed by atoms with Gasteiger partial charge in [-0.15, -0.1) is 0 Å². The van der Waals surface area contributed by atoms with Crippen LogP contribution in [-0.4, -0.2) is 60.0 Å². The predicted octanol–water partition coefficient (Wildman–Crippen LogP) is 1.21. The van der Waals surface area contributed by atoms with Crippen LogP contribution >= 0.6 is 0 Å². The van der Waals surface area contributed by atoms with Gasteiger partial charge >= 0.3 is 0 Å².